The minimum Gasteiger partial charge on any atom is -0.396 e. The van der Waals surface area contributed by atoms with Crippen LogP contribution in [0.4, 0.5) is 5.69 Å². The highest BCUT2D eigenvalue weighted by molar-refractivity contribution is 7.89. The van der Waals surface area contributed by atoms with Gasteiger partial charge in [-0.1, -0.05) is 12.8 Å². The van der Waals surface area contributed by atoms with Crippen molar-refractivity contribution in [3.05, 3.63) is 24.3 Å². The van der Waals surface area contributed by atoms with Gasteiger partial charge in [0.15, 0.2) is 0 Å². The number of rotatable bonds is 6. The van der Waals surface area contributed by atoms with E-state index in [0.717, 1.165) is 38.5 Å². The number of nitrogens with one attached hydrogen (secondary N) is 3. The highest BCUT2D eigenvalue weighted by atomic mass is 32.2. The second-order valence-electron chi connectivity index (χ2n) is 7.18. The van der Waals surface area contributed by atoms with Gasteiger partial charge in [-0.2, -0.15) is 0 Å². The summed E-state index contributed by atoms with van der Waals surface area (Å²) >= 11 is 0. The molecule has 148 valence electrons. The second kappa shape index (κ2) is 8.37. The van der Waals surface area contributed by atoms with Gasteiger partial charge in [-0.05, 0) is 49.9 Å². The number of aliphatic hydroxyl groups is 1. The third-order valence-electron chi connectivity index (χ3n) is 4.99. The van der Waals surface area contributed by atoms with Crippen molar-refractivity contribution in [1.82, 2.24) is 10.0 Å². The normalized spacial score (nSPS) is 22.9. The van der Waals surface area contributed by atoms with E-state index >= 15 is 0 Å². The molecule has 2 aliphatic carbocycles. The van der Waals surface area contributed by atoms with Crippen LogP contribution in [-0.4, -0.2) is 44.0 Å². The highest BCUT2D eigenvalue weighted by Crippen LogP contribution is 2.24. The molecule has 1 aromatic carbocycles. The molecule has 0 heterocycles. The van der Waals surface area contributed by atoms with E-state index in [1.165, 1.54) is 24.3 Å². The van der Waals surface area contributed by atoms with E-state index in [2.05, 4.69) is 15.4 Å². The van der Waals surface area contributed by atoms with Crippen LogP contribution in [0.3, 0.4) is 0 Å². The highest BCUT2D eigenvalue weighted by Gasteiger charge is 2.29. The van der Waals surface area contributed by atoms with Crippen molar-refractivity contribution in [2.24, 2.45) is 5.92 Å². The van der Waals surface area contributed by atoms with Gasteiger partial charge in [-0.3, -0.25) is 9.59 Å². The Hall–Kier alpha value is -1.97. The lowest BCUT2D eigenvalue weighted by atomic mass is 9.85. The zero-order valence-corrected chi connectivity index (χ0v) is 15.8. The van der Waals surface area contributed by atoms with E-state index in [0.29, 0.717) is 5.69 Å². The summed E-state index contributed by atoms with van der Waals surface area (Å²) in [7, 11) is -3.55. The summed E-state index contributed by atoms with van der Waals surface area (Å²) in [6, 6.07) is 5.49. The summed E-state index contributed by atoms with van der Waals surface area (Å²) in [4.78, 5) is 24.3. The average Bonchev–Trinajstić information content (AvgIpc) is 3.46. The Labute approximate surface area is 158 Å². The molecule has 0 saturated heterocycles. The van der Waals surface area contributed by atoms with Crippen LogP contribution in [0.1, 0.15) is 38.5 Å². The van der Waals surface area contributed by atoms with Crippen molar-refractivity contribution >= 4 is 27.5 Å². The van der Waals surface area contributed by atoms with E-state index in [1.54, 1.807) is 0 Å². The number of sulfonamides is 1. The topological polar surface area (TPSA) is 125 Å². The zero-order chi connectivity index (χ0) is 19.4. The molecule has 27 heavy (non-hydrogen) atoms. The first kappa shape index (κ1) is 19.8. The fourth-order valence-corrected chi connectivity index (χ4v) is 4.55. The molecule has 0 unspecified atom stereocenters. The Kier molecular flexibility index (Phi) is 6.13. The van der Waals surface area contributed by atoms with Gasteiger partial charge in [0, 0.05) is 30.3 Å². The molecule has 0 aliphatic heterocycles. The molecule has 0 spiro atoms. The van der Waals surface area contributed by atoms with Crippen molar-refractivity contribution in [2.75, 3.05) is 11.9 Å². The van der Waals surface area contributed by atoms with Gasteiger partial charge in [0.2, 0.25) is 10.0 Å². The quantitative estimate of drug-likeness (QED) is 0.529. The summed E-state index contributed by atoms with van der Waals surface area (Å²) in [5.74, 6) is -1.60. The maximum Gasteiger partial charge on any atom is 0.313 e. The summed E-state index contributed by atoms with van der Waals surface area (Å²) in [5, 5.41) is 14.5. The van der Waals surface area contributed by atoms with Crippen LogP contribution in [0, 0.1) is 5.92 Å². The second-order valence-corrected chi connectivity index (χ2v) is 8.90. The minimum atomic E-state index is -3.55. The van der Waals surface area contributed by atoms with Crippen molar-refractivity contribution < 1.29 is 23.1 Å². The molecule has 8 nitrogen and oxygen atoms in total. The molecule has 2 atom stereocenters. The van der Waals surface area contributed by atoms with Crippen LogP contribution in [-0.2, 0) is 19.6 Å². The summed E-state index contributed by atoms with van der Waals surface area (Å²) < 4.78 is 26.8. The zero-order valence-electron chi connectivity index (χ0n) is 15.0. The first-order valence-corrected chi connectivity index (χ1v) is 10.7. The van der Waals surface area contributed by atoms with Gasteiger partial charge in [0.1, 0.15) is 0 Å². The van der Waals surface area contributed by atoms with Gasteiger partial charge < -0.3 is 15.7 Å². The van der Waals surface area contributed by atoms with Gasteiger partial charge in [-0.25, -0.2) is 13.1 Å². The van der Waals surface area contributed by atoms with Crippen molar-refractivity contribution in [3.8, 4) is 0 Å². The fraction of sp³-hybridized carbons (Fsp3) is 0.556. The largest absolute Gasteiger partial charge is 0.396 e. The number of amides is 2. The fourth-order valence-electron chi connectivity index (χ4n) is 3.24. The van der Waals surface area contributed by atoms with Crippen LogP contribution in [0.25, 0.3) is 0 Å². The maximum atomic E-state index is 12.1. The first-order chi connectivity index (χ1) is 12.9. The lowest BCUT2D eigenvalue weighted by Gasteiger charge is -2.30. The average molecular weight is 395 g/mol. The molecule has 2 fully saturated rings. The number of hydrogen-bond acceptors (Lipinski definition) is 5. The predicted molar refractivity (Wildman–Crippen MR) is 99.4 cm³/mol. The van der Waals surface area contributed by atoms with Crippen LogP contribution < -0.4 is 15.4 Å². The van der Waals surface area contributed by atoms with E-state index < -0.39 is 21.8 Å². The molecule has 2 amide bonds. The summed E-state index contributed by atoms with van der Waals surface area (Å²) in [6.45, 7) is -0.0165. The first-order valence-electron chi connectivity index (χ1n) is 9.24. The Morgan fingerprint density at radius 1 is 1.00 bits per heavy atom. The van der Waals surface area contributed by atoms with Crippen LogP contribution in [0.2, 0.25) is 0 Å². The van der Waals surface area contributed by atoms with Crippen LogP contribution in [0.15, 0.2) is 29.2 Å². The number of anilines is 1. The molecule has 0 bridgehead atoms. The van der Waals surface area contributed by atoms with Gasteiger partial charge >= 0.3 is 11.8 Å². The Balaban J connectivity index is 1.56. The number of benzene rings is 1. The molecule has 4 N–H and O–H groups in total. The predicted octanol–water partition coefficient (Wildman–Crippen LogP) is 0.733. The maximum absolute atomic E-state index is 12.1. The number of carbonyl (C=O) groups is 2. The Morgan fingerprint density at radius 3 is 2.30 bits per heavy atom. The lowest BCUT2D eigenvalue weighted by Crippen LogP contribution is -2.47. The van der Waals surface area contributed by atoms with Gasteiger partial charge in [-0.15, -0.1) is 0 Å². The standard InChI is InChI=1S/C18H25N3O5S/c22-11-12-3-1-2-4-16(12)20-18(24)17(23)19-13-7-9-15(10-8-13)27(25,26)21-14-5-6-14/h7-10,12,14,16,21-22H,1-6,11H2,(H,19,23)(H,20,24)/t12-,16-/m1/s1. The molecule has 3 rings (SSSR count). The molecule has 0 aromatic heterocycles. The van der Waals surface area contributed by atoms with Crippen molar-refractivity contribution in [2.45, 2.75) is 55.5 Å². The van der Waals surface area contributed by atoms with E-state index in [-0.39, 0.29) is 29.5 Å². The molecule has 2 saturated carbocycles. The molecule has 2 aliphatic rings. The van der Waals surface area contributed by atoms with Gasteiger partial charge in [0.25, 0.3) is 0 Å². The molecule has 1 aromatic rings. The van der Waals surface area contributed by atoms with Crippen LogP contribution >= 0.6 is 0 Å². The minimum absolute atomic E-state index is 0.0145. The smallest absolute Gasteiger partial charge is 0.313 e. The Bertz CT molecular complexity index is 790. The van der Waals surface area contributed by atoms with Gasteiger partial charge in [0.05, 0.1) is 4.90 Å². The third kappa shape index (κ3) is 5.27. The Morgan fingerprint density at radius 2 is 1.67 bits per heavy atom. The van der Waals surface area contributed by atoms with Crippen molar-refractivity contribution in [1.29, 1.82) is 0 Å². The van der Waals surface area contributed by atoms with E-state index in [9.17, 15) is 23.1 Å². The third-order valence-corrected chi connectivity index (χ3v) is 6.52. The summed E-state index contributed by atoms with van der Waals surface area (Å²) in [5.41, 5.74) is 0.336. The van der Waals surface area contributed by atoms with Crippen molar-refractivity contribution in [3.63, 3.8) is 0 Å². The molecule has 9 heteroatoms. The monoisotopic (exact) mass is 395 g/mol. The number of hydrogen-bond donors (Lipinski definition) is 4. The van der Waals surface area contributed by atoms with E-state index in [1.807, 2.05) is 0 Å². The summed E-state index contributed by atoms with van der Waals surface area (Å²) in [6.07, 6.45) is 5.22. The number of aliphatic hydroxyl groups excluding tert-OH is 1. The SMILES string of the molecule is O=C(Nc1ccc(S(=O)(=O)NC2CC2)cc1)C(=O)N[C@@H]1CCCC[C@@H]1CO. The number of carbonyl (C=O) groups excluding carboxylic acids is 2. The van der Waals surface area contributed by atoms with E-state index in [4.69, 9.17) is 0 Å². The molecular formula is C18H25N3O5S. The molecule has 0 radical (unpaired) electrons. The lowest BCUT2D eigenvalue weighted by molar-refractivity contribution is -0.137. The molecular weight excluding hydrogens is 370 g/mol. The van der Waals surface area contributed by atoms with Crippen LogP contribution in [0.5, 0.6) is 0 Å².